The number of amides is 2. The number of methoxy groups -OCH3 is 1. The standard InChI is InChI=1S/C11H25N3O2/c1-5-14(6-2)10(3)9-13-11(15)12-7-8-16-4/h10H,5-9H2,1-4H3,(H2,12,13,15). The summed E-state index contributed by atoms with van der Waals surface area (Å²) in [6.45, 7) is 10.1. The van der Waals surface area contributed by atoms with Crippen LogP contribution in [0.15, 0.2) is 0 Å². The Morgan fingerprint density at radius 1 is 1.31 bits per heavy atom. The molecule has 0 aromatic rings. The molecule has 16 heavy (non-hydrogen) atoms. The van der Waals surface area contributed by atoms with E-state index in [4.69, 9.17) is 4.74 Å². The van der Waals surface area contributed by atoms with Gasteiger partial charge in [-0.05, 0) is 20.0 Å². The van der Waals surface area contributed by atoms with Gasteiger partial charge in [0.15, 0.2) is 0 Å². The van der Waals surface area contributed by atoms with Crippen molar-refractivity contribution in [2.24, 2.45) is 0 Å². The maximum absolute atomic E-state index is 11.3. The Morgan fingerprint density at radius 2 is 1.94 bits per heavy atom. The first-order chi connectivity index (χ1) is 7.65. The van der Waals surface area contributed by atoms with Crippen molar-refractivity contribution in [1.82, 2.24) is 15.5 Å². The highest BCUT2D eigenvalue weighted by Gasteiger charge is 2.10. The van der Waals surface area contributed by atoms with E-state index in [-0.39, 0.29) is 6.03 Å². The van der Waals surface area contributed by atoms with E-state index in [1.807, 2.05) is 0 Å². The van der Waals surface area contributed by atoms with Gasteiger partial charge in [0.25, 0.3) is 0 Å². The summed E-state index contributed by atoms with van der Waals surface area (Å²) in [6, 6.07) is 0.235. The minimum atomic E-state index is -0.129. The summed E-state index contributed by atoms with van der Waals surface area (Å²) in [5.74, 6) is 0. The van der Waals surface area contributed by atoms with Crippen LogP contribution in [0.25, 0.3) is 0 Å². The van der Waals surface area contributed by atoms with E-state index in [1.54, 1.807) is 7.11 Å². The molecule has 1 atom stereocenters. The van der Waals surface area contributed by atoms with Gasteiger partial charge in [-0.2, -0.15) is 0 Å². The Hall–Kier alpha value is -0.810. The summed E-state index contributed by atoms with van der Waals surface area (Å²) >= 11 is 0. The van der Waals surface area contributed by atoms with Gasteiger partial charge >= 0.3 is 6.03 Å². The van der Waals surface area contributed by atoms with E-state index in [0.717, 1.165) is 13.1 Å². The molecule has 0 aromatic carbocycles. The average molecular weight is 231 g/mol. The highest BCUT2D eigenvalue weighted by molar-refractivity contribution is 5.73. The molecule has 0 aliphatic rings. The second-order valence-electron chi connectivity index (χ2n) is 3.70. The molecular weight excluding hydrogens is 206 g/mol. The molecule has 0 aliphatic heterocycles. The maximum Gasteiger partial charge on any atom is 0.314 e. The van der Waals surface area contributed by atoms with Crippen LogP contribution in [0.2, 0.25) is 0 Å². The second-order valence-corrected chi connectivity index (χ2v) is 3.70. The van der Waals surface area contributed by atoms with Gasteiger partial charge < -0.3 is 15.4 Å². The zero-order valence-electron chi connectivity index (χ0n) is 10.9. The van der Waals surface area contributed by atoms with Crippen LogP contribution in [0.4, 0.5) is 4.79 Å². The largest absolute Gasteiger partial charge is 0.383 e. The molecule has 0 heterocycles. The Balaban J connectivity index is 3.65. The SMILES string of the molecule is CCN(CC)C(C)CNC(=O)NCCOC. The third-order valence-corrected chi connectivity index (χ3v) is 2.59. The first kappa shape index (κ1) is 15.2. The second kappa shape index (κ2) is 9.42. The number of urea groups is 1. The van der Waals surface area contributed by atoms with Gasteiger partial charge in [-0.1, -0.05) is 13.8 Å². The number of hydrogen-bond donors (Lipinski definition) is 2. The Labute approximate surface area is 98.5 Å². The molecule has 1 unspecified atom stereocenters. The minimum absolute atomic E-state index is 0.129. The van der Waals surface area contributed by atoms with E-state index in [0.29, 0.717) is 25.7 Å². The van der Waals surface area contributed by atoms with Crippen molar-refractivity contribution in [3.63, 3.8) is 0 Å². The first-order valence-corrected chi connectivity index (χ1v) is 5.90. The monoisotopic (exact) mass is 231 g/mol. The number of rotatable bonds is 8. The zero-order chi connectivity index (χ0) is 12.4. The third-order valence-electron chi connectivity index (χ3n) is 2.59. The molecule has 0 fully saturated rings. The summed E-state index contributed by atoms with van der Waals surface area (Å²) in [7, 11) is 1.61. The molecular formula is C11H25N3O2. The van der Waals surface area contributed by atoms with Crippen molar-refractivity contribution >= 4 is 6.03 Å². The van der Waals surface area contributed by atoms with Crippen LogP contribution in [0.3, 0.4) is 0 Å². The lowest BCUT2D eigenvalue weighted by Gasteiger charge is -2.26. The number of carbonyl (C=O) groups is 1. The molecule has 2 amide bonds. The maximum atomic E-state index is 11.3. The Kier molecular flexibility index (Phi) is 8.94. The zero-order valence-corrected chi connectivity index (χ0v) is 10.9. The molecule has 0 radical (unpaired) electrons. The van der Waals surface area contributed by atoms with Gasteiger partial charge in [-0.25, -0.2) is 4.79 Å². The highest BCUT2D eigenvalue weighted by Crippen LogP contribution is 1.95. The third kappa shape index (κ3) is 6.63. The van der Waals surface area contributed by atoms with Gasteiger partial charge in [-0.15, -0.1) is 0 Å². The molecule has 0 saturated carbocycles. The quantitative estimate of drug-likeness (QED) is 0.603. The summed E-state index contributed by atoms with van der Waals surface area (Å²) in [5.41, 5.74) is 0. The molecule has 0 bridgehead atoms. The van der Waals surface area contributed by atoms with Gasteiger partial charge in [-0.3, -0.25) is 4.90 Å². The predicted molar refractivity (Wildman–Crippen MR) is 65.7 cm³/mol. The molecule has 2 N–H and O–H groups in total. The lowest BCUT2D eigenvalue weighted by molar-refractivity contribution is 0.193. The Bertz CT molecular complexity index is 184. The van der Waals surface area contributed by atoms with Crippen molar-refractivity contribution in [2.75, 3.05) is 39.9 Å². The van der Waals surface area contributed by atoms with Crippen LogP contribution >= 0.6 is 0 Å². The fraction of sp³-hybridized carbons (Fsp3) is 0.909. The van der Waals surface area contributed by atoms with Crippen LogP contribution in [-0.4, -0.2) is 56.9 Å². The van der Waals surface area contributed by atoms with Gasteiger partial charge in [0.1, 0.15) is 0 Å². The van der Waals surface area contributed by atoms with E-state index in [2.05, 4.69) is 36.3 Å². The van der Waals surface area contributed by atoms with Gasteiger partial charge in [0, 0.05) is 26.2 Å². The number of nitrogens with zero attached hydrogens (tertiary/aromatic N) is 1. The van der Waals surface area contributed by atoms with E-state index in [1.165, 1.54) is 0 Å². The Morgan fingerprint density at radius 3 is 2.44 bits per heavy atom. The van der Waals surface area contributed by atoms with Gasteiger partial charge in [0.2, 0.25) is 0 Å². The molecule has 5 heteroatoms. The number of ether oxygens (including phenoxy) is 1. The van der Waals surface area contributed by atoms with Crippen molar-refractivity contribution < 1.29 is 9.53 Å². The number of hydrogen-bond acceptors (Lipinski definition) is 3. The molecule has 5 nitrogen and oxygen atoms in total. The van der Waals surface area contributed by atoms with Crippen LogP contribution < -0.4 is 10.6 Å². The van der Waals surface area contributed by atoms with E-state index >= 15 is 0 Å². The van der Waals surface area contributed by atoms with Crippen LogP contribution in [0, 0.1) is 0 Å². The average Bonchev–Trinajstić information content (AvgIpc) is 2.28. The molecule has 0 spiro atoms. The van der Waals surface area contributed by atoms with Crippen LogP contribution in [0.1, 0.15) is 20.8 Å². The first-order valence-electron chi connectivity index (χ1n) is 5.90. The van der Waals surface area contributed by atoms with Crippen molar-refractivity contribution in [3.8, 4) is 0 Å². The summed E-state index contributed by atoms with van der Waals surface area (Å²) in [4.78, 5) is 13.6. The summed E-state index contributed by atoms with van der Waals surface area (Å²) in [6.07, 6.45) is 0. The fourth-order valence-electron chi connectivity index (χ4n) is 1.55. The van der Waals surface area contributed by atoms with E-state index in [9.17, 15) is 4.79 Å². The normalized spacial score (nSPS) is 12.6. The highest BCUT2D eigenvalue weighted by atomic mass is 16.5. The van der Waals surface area contributed by atoms with Crippen LogP contribution in [0.5, 0.6) is 0 Å². The molecule has 0 aliphatic carbocycles. The molecule has 0 saturated heterocycles. The van der Waals surface area contributed by atoms with Crippen molar-refractivity contribution in [1.29, 1.82) is 0 Å². The molecule has 0 aromatic heterocycles. The van der Waals surface area contributed by atoms with E-state index < -0.39 is 0 Å². The smallest absolute Gasteiger partial charge is 0.314 e. The number of carbonyl (C=O) groups excluding carboxylic acids is 1. The lowest BCUT2D eigenvalue weighted by Crippen LogP contribution is -2.45. The topological polar surface area (TPSA) is 53.6 Å². The molecule has 0 rings (SSSR count). The number of nitrogens with one attached hydrogen (secondary N) is 2. The lowest BCUT2D eigenvalue weighted by atomic mass is 10.3. The summed E-state index contributed by atoms with van der Waals surface area (Å²) in [5, 5.41) is 5.56. The molecule has 96 valence electrons. The summed E-state index contributed by atoms with van der Waals surface area (Å²) < 4.78 is 4.84. The number of likely N-dealkylation sites (N-methyl/N-ethyl adjacent to an activating group) is 1. The van der Waals surface area contributed by atoms with Crippen molar-refractivity contribution in [3.05, 3.63) is 0 Å². The fourth-order valence-corrected chi connectivity index (χ4v) is 1.55. The van der Waals surface area contributed by atoms with Crippen molar-refractivity contribution in [2.45, 2.75) is 26.8 Å². The predicted octanol–water partition coefficient (Wildman–Crippen LogP) is 0.662. The minimum Gasteiger partial charge on any atom is -0.383 e. The van der Waals surface area contributed by atoms with Gasteiger partial charge in [0.05, 0.1) is 6.61 Å². The van der Waals surface area contributed by atoms with Crippen LogP contribution in [-0.2, 0) is 4.74 Å².